The maximum atomic E-state index is 6.05. The van der Waals surface area contributed by atoms with E-state index in [0.717, 1.165) is 12.5 Å². The van der Waals surface area contributed by atoms with Crippen LogP contribution in [0.5, 0.6) is 0 Å². The Kier molecular flexibility index (Phi) is 3.57. The first kappa shape index (κ1) is 12.3. The van der Waals surface area contributed by atoms with Crippen LogP contribution >= 0.6 is 0 Å². The quantitative estimate of drug-likeness (QED) is 0.765. The fourth-order valence-corrected chi connectivity index (χ4v) is 3.83. The summed E-state index contributed by atoms with van der Waals surface area (Å²) in [5, 5.41) is 0. The standard InChI is InChI=1S/C13H27N3/c1-11-7-13(8-11,10-14)16-6-4-5-15(3)9-12(16)2/h11-12H,4-10,14H2,1-3H3. The van der Waals surface area contributed by atoms with Crippen molar-refractivity contribution in [3.63, 3.8) is 0 Å². The highest BCUT2D eigenvalue weighted by molar-refractivity contribution is 5.04. The van der Waals surface area contributed by atoms with Crippen LogP contribution in [0.4, 0.5) is 0 Å². The summed E-state index contributed by atoms with van der Waals surface area (Å²) in [5.74, 6) is 0.872. The van der Waals surface area contributed by atoms with E-state index in [1.54, 1.807) is 0 Å². The minimum absolute atomic E-state index is 0.337. The third-order valence-electron chi connectivity index (χ3n) is 4.49. The summed E-state index contributed by atoms with van der Waals surface area (Å²) in [4.78, 5) is 5.16. The molecule has 1 aliphatic heterocycles. The summed E-state index contributed by atoms with van der Waals surface area (Å²) < 4.78 is 0. The van der Waals surface area contributed by atoms with Gasteiger partial charge < -0.3 is 10.6 Å². The number of hydrogen-bond donors (Lipinski definition) is 1. The largest absolute Gasteiger partial charge is 0.329 e. The zero-order valence-electron chi connectivity index (χ0n) is 11.1. The molecule has 0 amide bonds. The minimum atomic E-state index is 0.337. The number of likely N-dealkylation sites (N-methyl/N-ethyl adjacent to an activating group) is 1. The van der Waals surface area contributed by atoms with E-state index in [1.165, 1.54) is 38.9 Å². The van der Waals surface area contributed by atoms with Gasteiger partial charge in [0.25, 0.3) is 0 Å². The molecule has 0 radical (unpaired) electrons. The normalized spacial score (nSPS) is 42.8. The van der Waals surface area contributed by atoms with Gasteiger partial charge in [-0.05, 0) is 45.7 Å². The second-order valence-corrected chi connectivity index (χ2v) is 6.10. The van der Waals surface area contributed by atoms with Gasteiger partial charge in [-0.1, -0.05) is 6.92 Å². The number of hydrogen-bond acceptors (Lipinski definition) is 3. The number of nitrogens with zero attached hydrogens (tertiary/aromatic N) is 2. The van der Waals surface area contributed by atoms with Crippen molar-refractivity contribution in [3.8, 4) is 0 Å². The van der Waals surface area contributed by atoms with Gasteiger partial charge in [-0.25, -0.2) is 0 Å². The average Bonchev–Trinajstić information content (AvgIpc) is 2.35. The van der Waals surface area contributed by atoms with E-state index in [1.807, 2.05) is 0 Å². The predicted molar refractivity (Wildman–Crippen MR) is 68.5 cm³/mol. The molecular weight excluding hydrogens is 198 g/mol. The molecule has 1 saturated carbocycles. The van der Waals surface area contributed by atoms with Gasteiger partial charge in [-0.15, -0.1) is 0 Å². The maximum absolute atomic E-state index is 6.05. The minimum Gasteiger partial charge on any atom is -0.329 e. The van der Waals surface area contributed by atoms with Gasteiger partial charge in [0.15, 0.2) is 0 Å². The molecule has 1 heterocycles. The molecule has 2 rings (SSSR count). The van der Waals surface area contributed by atoms with Gasteiger partial charge in [0.2, 0.25) is 0 Å². The van der Waals surface area contributed by atoms with Crippen LogP contribution < -0.4 is 5.73 Å². The summed E-state index contributed by atoms with van der Waals surface area (Å²) in [5.41, 5.74) is 6.39. The molecule has 2 N–H and O–H groups in total. The molecule has 1 atom stereocenters. The predicted octanol–water partition coefficient (Wildman–Crippen LogP) is 1.14. The van der Waals surface area contributed by atoms with Crippen LogP contribution in [-0.2, 0) is 0 Å². The average molecular weight is 225 g/mol. The molecule has 3 nitrogen and oxygen atoms in total. The SMILES string of the molecule is CC1CC(CN)(N2CCCN(C)CC2C)C1. The Morgan fingerprint density at radius 1 is 1.25 bits per heavy atom. The van der Waals surface area contributed by atoms with E-state index >= 15 is 0 Å². The fourth-order valence-electron chi connectivity index (χ4n) is 3.83. The Labute approximate surface area is 100.0 Å². The van der Waals surface area contributed by atoms with E-state index in [4.69, 9.17) is 5.73 Å². The molecule has 0 aromatic carbocycles. The highest BCUT2D eigenvalue weighted by atomic mass is 15.3. The highest BCUT2D eigenvalue weighted by Crippen LogP contribution is 2.43. The summed E-state index contributed by atoms with van der Waals surface area (Å²) in [6.07, 6.45) is 3.89. The zero-order chi connectivity index (χ0) is 11.8. The monoisotopic (exact) mass is 225 g/mol. The van der Waals surface area contributed by atoms with Crippen molar-refractivity contribution >= 4 is 0 Å². The lowest BCUT2D eigenvalue weighted by molar-refractivity contribution is -0.0345. The van der Waals surface area contributed by atoms with Crippen LogP contribution in [0.1, 0.15) is 33.1 Å². The molecule has 1 unspecified atom stereocenters. The molecular formula is C13H27N3. The highest BCUT2D eigenvalue weighted by Gasteiger charge is 2.47. The fraction of sp³-hybridized carbons (Fsp3) is 1.00. The van der Waals surface area contributed by atoms with Crippen LogP contribution in [0, 0.1) is 5.92 Å². The molecule has 0 spiro atoms. The van der Waals surface area contributed by atoms with Crippen LogP contribution in [0.2, 0.25) is 0 Å². The van der Waals surface area contributed by atoms with Gasteiger partial charge in [0, 0.05) is 31.2 Å². The summed E-state index contributed by atoms with van der Waals surface area (Å²) in [6.45, 7) is 9.21. The smallest absolute Gasteiger partial charge is 0.0340 e. The van der Waals surface area contributed by atoms with E-state index in [9.17, 15) is 0 Å². The van der Waals surface area contributed by atoms with Gasteiger partial charge in [-0.2, -0.15) is 0 Å². The summed E-state index contributed by atoms with van der Waals surface area (Å²) in [7, 11) is 2.23. The lowest BCUT2D eigenvalue weighted by atomic mass is 9.67. The Hall–Kier alpha value is -0.120. The molecule has 1 aliphatic carbocycles. The third kappa shape index (κ3) is 2.13. The second-order valence-electron chi connectivity index (χ2n) is 6.10. The Balaban J connectivity index is 2.06. The zero-order valence-corrected chi connectivity index (χ0v) is 11.1. The lowest BCUT2D eigenvalue weighted by Crippen LogP contribution is -2.64. The van der Waals surface area contributed by atoms with Crippen LogP contribution in [-0.4, -0.2) is 54.6 Å². The first-order valence-electron chi connectivity index (χ1n) is 6.73. The van der Waals surface area contributed by atoms with E-state index in [0.29, 0.717) is 11.6 Å². The van der Waals surface area contributed by atoms with Crippen molar-refractivity contribution in [2.24, 2.45) is 11.7 Å². The van der Waals surface area contributed by atoms with Gasteiger partial charge in [0.1, 0.15) is 0 Å². The second kappa shape index (κ2) is 4.63. The number of rotatable bonds is 2. The Morgan fingerprint density at radius 2 is 1.94 bits per heavy atom. The molecule has 2 aliphatic rings. The molecule has 1 saturated heterocycles. The van der Waals surface area contributed by atoms with E-state index < -0.39 is 0 Å². The summed E-state index contributed by atoms with van der Waals surface area (Å²) in [6, 6.07) is 0.656. The molecule has 2 fully saturated rings. The van der Waals surface area contributed by atoms with Crippen molar-refractivity contribution in [2.45, 2.75) is 44.7 Å². The molecule has 16 heavy (non-hydrogen) atoms. The van der Waals surface area contributed by atoms with Crippen molar-refractivity contribution in [3.05, 3.63) is 0 Å². The van der Waals surface area contributed by atoms with Gasteiger partial charge in [-0.3, -0.25) is 4.90 Å². The summed E-state index contributed by atoms with van der Waals surface area (Å²) >= 11 is 0. The van der Waals surface area contributed by atoms with E-state index in [-0.39, 0.29) is 0 Å². The van der Waals surface area contributed by atoms with Gasteiger partial charge in [0.05, 0.1) is 0 Å². The molecule has 0 aromatic heterocycles. The van der Waals surface area contributed by atoms with Crippen molar-refractivity contribution in [1.82, 2.24) is 9.80 Å². The Morgan fingerprint density at radius 3 is 2.50 bits per heavy atom. The first-order valence-corrected chi connectivity index (χ1v) is 6.73. The van der Waals surface area contributed by atoms with Crippen LogP contribution in [0.3, 0.4) is 0 Å². The van der Waals surface area contributed by atoms with Gasteiger partial charge >= 0.3 is 0 Å². The van der Waals surface area contributed by atoms with Crippen molar-refractivity contribution in [2.75, 3.05) is 33.2 Å². The Bertz CT molecular complexity index is 235. The lowest BCUT2D eigenvalue weighted by Gasteiger charge is -2.55. The topological polar surface area (TPSA) is 32.5 Å². The molecule has 3 heteroatoms. The van der Waals surface area contributed by atoms with Crippen molar-refractivity contribution < 1.29 is 0 Å². The number of nitrogens with two attached hydrogens (primary N) is 1. The molecule has 0 bridgehead atoms. The molecule has 94 valence electrons. The van der Waals surface area contributed by atoms with Crippen molar-refractivity contribution in [1.29, 1.82) is 0 Å². The molecule has 0 aromatic rings. The van der Waals surface area contributed by atoms with Crippen LogP contribution in [0.15, 0.2) is 0 Å². The third-order valence-corrected chi connectivity index (χ3v) is 4.49. The first-order chi connectivity index (χ1) is 7.57. The maximum Gasteiger partial charge on any atom is 0.0340 e. The van der Waals surface area contributed by atoms with Crippen LogP contribution in [0.25, 0.3) is 0 Å². The van der Waals surface area contributed by atoms with E-state index in [2.05, 4.69) is 30.7 Å².